The lowest BCUT2D eigenvalue weighted by atomic mass is 9.89. The summed E-state index contributed by atoms with van der Waals surface area (Å²) in [6, 6.07) is 6.17. The number of rotatable bonds is 11. The smallest absolute Gasteiger partial charge is 0.191 e. The first-order valence-electron chi connectivity index (χ1n) is 11.2. The van der Waals surface area contributed by atoms with Crippen molar-refractivity contribution in [1.82, 2.24) is 15.5 Å². The molecule has 0 aliphatic carbocycles. The Balaban J connectivity index is 0.00000480. The molecule has 0 unspecified atom stereocenters. The maximum absolute atomic E-state index is 5.74. The van der Waals surface area contributed by atoms with Crippen molar-refractivity contribution in [2.24, 2.45) is 4.99 Å². The van der Waals surface area contributed by atoms with E-state index in [2.05, 4.69) is 48.7 Å². The molecule has 1 fully saturated rings. The van der Waals surface area contributed by atoms with Crippen LogP contribution in [0.5, 0.6) is 11.5 Å². The van der Waals surface area contributed by atoms with Crippen LogP contribution in [0.25, 0.3) is 0 Å². The lowest BCUT2D eigenvalue weighted by Crippen LogP contribution is -2.51. The number of ether oxygens (including phenoxy) is 3. The molecule has 0 atom stereocenters. The monoisotopic (exact) mass is 548 g/mol. The Morgan fingerprint density at radius 2 is 1.74 bits per heavy atom. The minimum absolute atomic E-state index is 0. The zero-order chi connectivity index (χ0) is 21.8. The first-order chi connectivity index (χ1) is 14.5. The summed E-state index contributed by atoms with van der Waals surface area (Å²) in [7, 11) is 4.28. The maximum atomic E-state index is 5.74. The summed E-state index contributed by atoms with van der Waals surface area (Å²) < 4.78 is 17.0. The van der Waals surface area contributed by atoms with Gasteiger partial charge in [-0.2, -0.15) is 0 Å². The van der Waals surface area contributed by atoms with Crippen LogP contribution in [-0.4, -0.2) is 76.6 Å². The highest BCUT2D eigenvalue weighted by atomic mass is 127. The van der Waals surface area contributed by atoms with Crippen LogP contribution in [0.4, 0.5) is 0 Å². The second-order valence-electron chi connectivity index (χ2n) is 7.75. The highest BCUT2D eigenvalue weighted by Gasteiger charge is 2.34. The van der Waals surface area contributed by atoms with Crippen LogP contribution in [0, 0.1) is 0 Å². The SMILES string of the molecule is CCNC(=NCC1(N(C)C)CCOCC1)NCCc1ccc(OCC)c(OCC)c1.I. The largest absolute Gasteiger partial charge is 0.490 e. The van der Waals surface area contributed by atoms with E-state index in [0.717, 1.165) is 69.6 Å². The topological polar surface area (TPSA) is 67.4 Å². The zero-order valence-electron chi connectivity index (χ0n) is 19.8. The minimum Gasteiger partial charge on any atom is -0.490 e. The van der Waals surface area contributed by atoms with Crippen LogP contribution in [0.1, 0.15) is 39.2 Å². The van der Waals surface area contributed by atoms with Crippen LogP contribution < -0.4 is 20.1 Å². The molecule has 7 nitrogen and oxygen atoms in total. The predicted molar refractivity (Wildman–Crippen MR) is 138 cm³/mol. The van der Waals surface area contributed by atoms with Crippen molar-refractivity contribution in [1.29, 1.82) is 0 Å². The van der Waals surface area contributed by atoms with Crippen molar-refractivity contribution in [3.8, 4) is 11.5 Å². The van der Waals surface area contributed by atoms with Gasteiger partial charge in [-0.05, 0) is 71.8 Å². The molecule has 0 saturated carbocycles. The lowest BCUT2D eigenvalue weighted by Gasteiger charge is -2.41. The summed E-state index contributed by atoms with van der Waals surface area (Å²) in [5, 5.41) is 6.84. The van der Waals surface area contributed by atoms with E-state index in [9.17, 15) is 0 Å². The molecule has 31 heavy (non-hydrogen) atoms. The van der Waals surface area contributed by atoms with Gasteiger partial charge in [0.15, 0.2) is 17.5 Å². The van der Waals surface area contributed by atoms with E-state index < -0.39 is 0 Å². The van der Waals surface area contributed by atoms with E-state index in [0.29, 0.717) is 13.2 Å². The second kappa shape index (κ2) is 14.7. The minimum atomic E-state index is 0. The molecule has 1 aliphatic rings. The third-order valence-electron chi connectivity index (χ3n) is 5.56. The number of benzene rings is 1. The molecule has 2 N–H and O–H groups in total. The summed E-state index contributed by atoms with van der Waals surface area (Å²) in [5.74, 6) is 2.47. The predicted octanol–water partition coefficient (Wildman–Crippen LogP) is 3.31. The number of hydrogen-bond donors (Lipinski definition) is 2. The van der Waals surface area contributed by atoms with Crippen molar-refractivity contribution in [3.05, 3.63) is 23.8 Å². The van der Waals surface area contributed by atoms with Gasteiger partial charge in [0.05, 0.1) is 19.8 Å². The molecule has 178 valence electrons. The normalized spacial score (nSPS) is 15.9. The Labute approximate surface area is 205 Å². The number of hydrogen-bond acceptors (Lipinski definition) is 5. The summed E-state index contributed by atoms with van der Waals surface area (Å²) in [5.41, 5.74) is 1.28. The number of halogens is 1. The van der Waals surface area contributed by atoms with E-state index in [1.54, 1.807) is 0 Å². The highest BCUT2D eigenvalue weighted by Crippen LogP contribution is 2.29. The highest BCUT2D eigenvalue weighted by molar-refractivity contribution is 14.0. The van der Waals surface area contributed by atoms with Crippen molar-refractivity contribution in [3.63, 3.8) is 0 Å². The fourth-order valence-electron chi connectivity index (χ4n) is 3.64. The molecule has 0 aromatic heterocycles. The average Bonchev–Trinajstić information content (AvgIpc) is 2.74. The molecular weight excluding hydrogens is 507 g/mol. The molecule has 0 spiro atoms. The van der Waals surface area contributed by atoms with E-state index in [4.69, 9.17) is 19.2 Å². The van der Waals surface area contributed by atoms with Gasteiger partial charge in [-0.3, -0.25) is 4.99 Å². The fourth-order valence-corrected chi connectivity index (χ4v) is 3.64. The van der Waals surface area contributed by atoms with Crippen LogP contribution in [0.15, 0.2) is 23.2 Å². The molecule has 2 rings (SSSR count). The van der Waals surface area contributed by atoms with Gasteiger partial charge < -0.3 is 29.7 Å². The number of aliphatic imine (C=N–C) groups is 1. The number of nitrogens with zero attached hydrogens (tertiary/aromatic N) is 2. The van der Waals surface area contributed by atoms with Gasteiger partial charge in [-0.25, -0.2) is 0 Å². The molecule has 0 amide bonds. The number of likely N-dealkylation sites (N-methyl/N-ethyl adjacent to an activating group) is 1. The maximum Gasteiger partial charge on any atom is 0.191 e. The molecule has 1 aliphatic heterocycles. The Morgan fingerprint density at radius 1 is 1.06 bits per heavy atom. The van der Waals surface area contributed by atoms with Crippen LogP contribution in [0.3, 0.4) is 0 Å². The first-order valence-corrected chi connectivity index (χ1v) is 11.2. The van der Waals surface area contributed by atoms with Gasteiger partial charge >= 0.3 is 0 Å². The van der Waals surface area contributed by atoms with E-state index in [-0.39, 0.29) is 29.5 Å². The van der Waals surface area contributed by atoms with Crippen LogP contribution in [0.2, 0.25) is 0 Å². The van der Waals surface area contributed by atoms with Gasteiger partial charge in [0.1, 0.15) is 0 Å². The molecule has 1 aromatic rings. The summed E-state index contributed by atoms with van der Waals surface area (Å²) in [6.07, 6.45) is 2.90. The Hall–Kier alpha value is -1.26. The Morgan fingerprint density at radius 3 is 2.35 bits per heavy atom. The first kappa shape index (κ1) is 27.8. The van der Waals surface area contributed by atoms with Crippen molar-refractivity contribution < 1.29 is 14.2 Å². The summed E-state index contributed by atoms with van der Waals surface area (Å²) in [6.45, 7) is 11.3. The summed E-state index contributed by atoms with van der Waals surface area (Å²) >= 11 is 0. The number of guanidine groups is 1. The molecule has 1 saturated heterocycles. The van der Waals surface area contributed by atoms with Crippen molar-refractivity contribution in [2.45, 2.75) is 45.6 Å². The van der Waals surface area contributed by atoms with Gasteiger partial charge in [0.25, 0.3) is 0 Å². The quantitative estimate of drug-likeness (QED) is 0.251. The lowest BCUT2D eigenvalue weighted by molar-refractivity contribution is -0.00254. The Bertz CT molecular complexity index is 664. The van der Waals surface area contributed by atoms with Crippen molar-refractivity contribution >= 4 is 29.9 Å². The van der Waals surface area contributed by atoms with Crippen LogP contribution >= 0.6 is 24.0 Å². The zero-order valence-corrected chi connectivity index (χ0v) is 22.2. The van der Waals surface area contributed by atoms with E-state index >= 15 is 0 Å². The van der Waals surface area contributed by atoms with Crippen LogP contribution in [-0.2, 0) is 11.2 Å². The van der Waals surface area contributed by atoms with Gasteiger partial charge in [-0.1, -0.05) is 6.07 Å². The second-order valence-corrected chi connectivity index (χ2v) is 7.75. The van der Waals surface area contributed by atoms with Gasteiger partial charge in [0, 0.05) is 31.8 Å². The van der Waals surface area contributed by atoms with Crippen molar-refractivity contribution in [2.75, 3.05) is 60.2 Å². The van der Waals surface area contributed by atoms with E-state index in [1.165, 1.54) is 5.56 Å². The average molecular weight is 549 g/mol. The standard InChI is InChI=1S/C23H40N4O3.HI/c1-6-24-22(26-18-23(27(4)5)12-15-28-16-13-23)25-14-11-19-9-10-20(29-7-2)21(17-19)30-8-3;/h9-10,17H,6-8,11-16,18H2,1-5H3,(H2,24,25,26);1H. The fraction of sp³-hybridized carbons (Fsp3) is 0.696. The molecular formula is C23H41IN4O3. The molecule has 1 heterocycles. The summed E-state index contributed by atoms with van der Waals surface area (Å²) in [4.78, 5) is 7.20. The number of nitrogens with one attached hydrogen (secondary N) is 2. The van der Waals surface area contributed by atoms with Gasteiger partial charge in [-0.15, -0.1) is 24.0 Å². The Kier molecular flexibility index (Phi) is 13.2. The molecule has 0 radical (unpaired) electrons. The molecule has 0 bridgehead atoms. The molecule has 8 heteroatoms. The third kappa shape index (κ3) is 8.65. The third-order valence-corrected chi connectivity index (χ3v) is 5.56. The molecule has 1 aromatic carbocycles. The van der Waals surface area contributed by atoms with Gasteiger partial charge in [0.2, 0.25) is 0 Å². The van der Waals surface area contributed by atoms with E-state index in [1.807, 2.05) is 19.9 Å².